The Balaban J connectivity index is 1.50. The standard InChI is InChI=1S/C16H24N6OS/c1-12(2)15-17-4-5-21(15)9-6-20-7-10-22(11-8-20)16(23)14-13(3)18-19-24-14/h4-5,12H,6-11H2,1-3H3. The van der Waals surface area contributed by atoms with Crippen molar-refractivity contribution in [3.63, 3.8) is 0 Å². The van der Waals surface area contributed by atoms with Gasteiger partial charge in [-0.05, 0) is 18.5 Å². The van der Waals surface area contributed by atoms with Gasteiger partial charge in [0.25, 0.3) is 5.91 Å². The first-order valence-corrected chi connectivity index (χ1v) is 9.15. The number of aromatic nitrogens is 4. The van der Waals surface area contributed by atoms with E-state index in [0.29, 0.717) is 10.8 Å². The maximum absolute atomic E-state index is 12.5. The van der Waals surface area contributed by atoms with Crippen LogP contribution >= 0.6 is 11.5 Å². The minimum Gasteiger partial charge on any atom is -0.335 e. The highest BCUT2D eigenvalue weighted by Crippen LogP contribution is 2.15. The molecule has 3 rings (SSSR count). The Morgan fingerprint density at radius 3 is 2.62 bits per heavy atom. The maximum Gasteiger partial charge on any atom is 0.267 e. The summed E-state index contributed by atoms with van der Waals surface area (Å²) in [7, 11) is 0. The first-order chi connectivity index (χ1) is 11.6. The van der Waals surface area contributed by atoms with Crippen LogP contribution in [0.15, 0.2) is 12.4 Å². The summed E-state index contributed by atoms with van der Waals surface area (Å²) in [6.45, 7) is 11.4. The number of aryl methyl sites for hydroxylation is 1. The van der Waals surface area contributed by atoms with Gasteiger partial charge in [-0.1, -0.05) is 18.3 Å². The molecule has 2 aromatic heterocycles. The molecule has 0 radical (unpaired) electrons. The molecule has 24 heavy (non-hydrogen) atoms. The van der Waals surface area contributed by atoms with Crippen molar-refractivity contribution < 1.29 is 4.79 Å². The van der Waals surface area contributed by atoms with Crippen LogP contribution in [0.2, 0.25) is 0 Å². The van der Waals surface area contributed by atoms with Gasteiger partial charge in [0.2, 0.25) is 0 Å². The van der Waals surface area contributed by atoms with Gasteiger partial charge in [-0.3, -0.25) is 9.69 Å². The van der Waals surface area contributed by atoms with Crippen molar-refractivity contribution in [2.24, 2.45) is 0 Å². The Morgan fingerprint density at radius 2 is 2.00 bits per heavy atom. The van der Waals surface area contributed by atoms with Crippen LogP contribution in [0.4, 0.5) is 0 Å². The number of imidazole rings is 1. The molecule has 8 heteroatoms. The van der Waals surface area contributed by atoms with E-state index in [1.807, 2.05) is 18.0 Å². The quantitative estimate of drug-likeness (QED) is 0.821. The summed E-state index contributed by atoms with van der Waals surface area (Å²) in [5, 5.41) is 3.93. The van der Waals surface area contributed by atoms with Gasteiger partial charge in [0.15, 0.2) is 0 Å². The van der Waals surface area contributed by atoms with Crippen molar-refractivity contribution in [2.75, 3.05) is 32.7 Å². The summed E-state index contributed by atoms with van der Waals surface area (Å²) in [5.74, 6) is 1.64. The molecule has 1 amide bonds. The lowest BCUT2D eigenvalue weighted by Crippen LogP contribution is -2.49. The van der Waals surface area contributed by atoms with Crippen molar-refractivity contribution in [2.45, 2.75) is 33.2 Å². The summed E-state index contributed by atoms with van der Waals surface area (Å²) in [6, 6.07) is 0. The number of nitrogens with zero attached hydrogens (tertiary/aromatic N) is 6. The van der Waals surface area contributed by atoms with Crippen molar-refractivity contribution in [1.29, 1.82) is 0 Å². The smallest absolute Gasteiger partial charge is 0.267 e. The van der Waals surface area contributed by atoms with Crippen LogP contribution in [-0.4, -0.2) is 67.6 Å². The van der Waals surface area contributed by atoms with Crippen molar-refractivity contribution >= 4 is 17.4 Å². The zero-order valence-corrected chi connectivity index (χ0v) is 15.3. The van der Waals surface area contributed by atoms with Crippen LogP contribution in [0.3, 0.4) is 0 Å². The highest BCUT2D eigenvalue weighted by atomic mass is 32.1. The van der Waals surface area contributed by atoms with Gasteiger partial charge in [0.05, 0.1) is 5.69 Å². The second-order valence-electron chi connectivity index (χ2n) is 6.45. The summed E-state index contributed by atoms with van der Waals surface area (Å²) in [4.78, 5) is 21.9. The van der Waals surface area contributed by atoms with E-state index in [1.165, 1.54) is 11.5 Å². The summed E-state index contributed by atoms with van der Waals surface area (Å²) >= 11 is 1.19. The van der Waals surface area contributed by atoms with Gasteiger partial charge < -0.3 is 9.47 Å². The van der Waals surface area contributed by atoms with E-state index >= 15 is 0 Å². The van der Waals surface area contributed by atoms with Gasteiger partial charge in [-0.15, -0.1) is 5.10 Å². The summed E-state index contributed by atoms with van der Waals surface area (Å²) in [5.41, 5.74) is 0.730. The molecule has 0 bridgehead atoms. The topological polar surface area (TPSA) is 67.2 Å². The van der Waals surface area contributed by atoms with Gasteiger partial charge in [-0.2, -0.15) is 0 Å². The molecule has 1 saturated heterocycles. The highest BCUT2D eigenvalue weighted by Gasteiger charge is 2.24. The molecule has 3 heterocycles. The number of piperazine rings is 1. The largest absolute Gasteiger partial charge is 0.335 e. The first-order valence-electron chi connectivity index (χ1n) is 8.38. The van der Waals surface area contributed by atoms with Crippen molar-refractivity contribution in [3.8, 4) is 0 Å². The Kier molecular flexibility index (Phi) is 5.25. The predicted octanol–water partition coefficient (Wildman–Crippen LogP) is 1.62. The lowest BCUT2D eigenvalue weighted by atomic mass is 10.2. The number of amides is 1. The normalized spacial score (nSPS) is 16.1. The number of carbonyl (C=O) groups is 1. The molecule has 0 aliphatic carbocycles. The third kappa shape index (κ3) is 3.64. The minimum atomic E-state index is 0.0684. The molecule has 1 fully saturated rings. The number of hydrogen-bond donors (Lipinski definition) is 0. The molecule has 1 aliphatic rings. The fraction of sp³-hybridized carbons (Fsp3) is 0.625. The van der Waals surface area contributed by atoms with E-state index in [0.717, 1.165) is 50.8 Å². The number of carbonyl (C=O) groups excluding carboxylic acids is 1. The molecule has 0 saturated carbocycles. The van der Waals surface area contributed by atoms with Crippen LogP contribution in [0, 0.1) is 6.92 Å². The molecule has 0 spiro atoms. The van der Waals surface area contributed by atoms with Gasteiger partial charge >= 0.3 is 0 Å². The maximum atomic E-state index is 12.5. The van der Waals surface area contributed by atoms with Crippen molar-refractivity contribution in [3.05, 3.63) is 28.8 Å². The fourth-order valence-electron chi connectivity index (χ4n) is 3.01. The number of hydrogen-bond acceptors (Lipinski definition) is 6. The van der Waals surface area contributed by atoms with E-state index in [1.54, 1.807) is 0 Å². The average Bonchev–Trinajstić information content (AvgIpc) is 3.21. The summed E-state index contributed by atoms with van der Waals surface area (Å²) in [6.07, 6.45) is 3.92. The number of rotatable bonds is 5. The molecule has 2 aromatic rings. The Hall–Kier alpha value is -1.80. The lowest BCUT2D eigenvalue weighted by Gasteiger charge is -2.34. The molecular formula is C16H24N6OS. The predicted molar refractivity (Wildman–Crippen MR) is 93.3 cm³/mol. The highest BCUT2D eigenvalue weighted by molar-refractivity contribution is 7.07. The van der Waals surface area contributed by atoms with Crippen LogP contribution in [0.5, 0.6) is 0 Å². The van der Waals surface area contributed by atoms with Crippen LogP contribution in [-0.2, 0) is 6.54 Å². The first kappa shape index (κ1) is 17.0. The summed E-state index contributed by atoms with van der Waals surface area (Å²) < 4.78 is 6.09. The molecule has 0 atom stereocenters. The Labute approximate surface area is 146 Å². The van der Waals surface area contributed by atoms with Crippen LogP contribution in [0.1, 0.15) is 41.0 Å². The monoisotopic (exact) mass is 348 g/mol. The third-order valence-corrected chi connectivity index (χ3v) is 5.24. The molecule has 7 nitrogen and oxygen atoms in total. The minimum absolute atomic E-state index is 0.0684. The lowest BCUT2D eigenvalue weighted by molar-refractivity contribution is 0.0636. The van der Waals surface area contributed by atoms with E-state index in [4.69, 9.17) is 0 Å². The Morgan fingerprint density at radius 1 is 1.25 bits per heavy atom. The molecule has 0 N–H and O–H groups in total. The van der Waals surface area contributed by atoms with E-state index < -0.39 is 0 Å². The van der Waals surface area contributed by atoms with E-state index in [2.05, 4.69) is 44.1 Å². The van der Waals surface area contributed by atoms with Crippen LogP contribution in [0.25, 0.3) is 0 Å². The molecule has 130 valence electrons. The third-order valence-electron chi connectivity index (χ3n) is 4.43. The van der Waals surface area contributed by atoms with Crippen LogP contribution < -0.4 is 0 Å². The van der Waals surface area contributed by atoms with Gasteiger partial charge in [0.1, 0.15) is 10.7 Å². The zero-order chi connectivity index (χ0) is 17.1. The van der Waals surface area contributed by atoms with Crippen molar-refractivity contribution in [1.82, 2.24) is 28.9 Å². The van der Waals surface area contributed by atoms with E-state index in [9.17, 15) is 4.79 Å². The average molecular weight is 348 g/mol. The molecular weight excluding hydrogens is 324 g/mol. The molecule has 0 aromatic carbocycles. The van der Waals surface area contributed by atoms with Gasteiger partial charge in [-0.25, -0.2) is 4.98 Å². The SMILES string of the molecule is Cc1nnsc1C(=O)N1CCN(CCn2ccnc2C(C)C)CC1. The molecule has 1 aliphatic heterocycles. The van der Waals surface area contributed by atoms with E-state index in [-0.39, 0.29) is 5.91 Å². The Bertz CT molecular complexity index is 686. The second kappa shape index (κ2) is 7.40. The second-order valence-corrected chi connectivity index (χ2v) is 7.21. The van der Waals surface area contributed by atoms with Gasteiger partial charge in [0, 0.05) is 57.6 Å². The molecule has 0 unspecified atom stereocenters. The zero-order valence-electron chi connectivity index (χ0n) is 14.5. The fourth-order valence-corrected chi connectivity index (χ4v) is 3.63.